The number of primary amides is 1. The van der Waals surface area contributed by atoms with E-state index in [0.29, 0.717) is 0 Å². The monoisotopic (exact) mass is 373 g/mol. The number of likely N-dealkylation sites (tertiary alicyclic amines) is 1. The average molecular weight is 374 g/mol. The van der Waals surface area contributed by atoms with Gasteiger partial charge in [0.1, 0.15) is 0 Å². The number of nitrogens with two attached hydrogens (primary N) is 1. The van der Waals surface area contributed by atoms with Crippen LogP contribution in [0, 0.1) is 5.92 Å². The number of aliphatic imine (C=N–C) groups is 1. The van der Waals surface area contributed by atoms with Gasteiger partial charge in [-0.1, -0.05) is 30.3 Å². The lowest BCUT2D eigenvalue weighted by atomic mass is 9.96. The number of nitrogens with one attached hydrogen (secondary N) is 2. The summed E-state index contributed by atoms with van der Waals surface area (Å²) in [5.74, 6) is 0.839. The molecule has 0 radical (unpaired) electrons. The van der Waals surface area contributed by atoms with Crippen LogP contribution in [-0.2, 0) is 11.2 Å². The number of hydrogen-bond acceptors (Lipinski definition) is 3. The second-order valence-electron chi connectivity index (χ2n) is 7.15. The van der Waals surface area contributed by atoms with Crippen molar-refractivity contribution in [2.24, 2.45) is 16.6 Å². The van der Waals surface area contributed by atoms with E-state index in [2.05, 4.69) is 51.7 Å². The van der Waals surface area contributed by atoms with Crippen molar-refractivity contribution in [2.45, 2.75) is 39.0 Å². The van der Waals surface area contributed by atoms with Gasteiger partial charge >= 0.3 is 0 Å². The molecule has 0 spiro atoms. The lowest BCUT2D eigenvalue weighted by molar-refractivity contribution is -0.123. The van der Waals surface area contributed by atoms with Crippen molar-refractivity contribution < 1.29 is 4.79 Å². The molecule has 0 aromatic heterocycles. The summed E-state index contributed by atoms with van der Waals surface area (Å²) in [7, 11) is 0. The van der Waals surface area contributed by atoms with Gasteiger partial charge in [0.2, 0.25) is 5.91 Å². The van der Waals surface area contributed by atoms with Crippen molar-refractivity contribution in [3.8, 4) is 0 Å². The smallest absolute Gasteiger partial charge is 0.220 e. The van der Waals surface area contributed by atoms with Gasteiger partial charge in [0.25, 0.3) is 0 Å². The molecule has 1 fully saturated rings. The lowest BCUT2D eigenvalue weighted by Crippen LogP contribution is -2.39. The Morgan fingerprint density at radius 3 is 2.59 bits per heavy atom. The summed E-state index contributed by atoms with van der Waals surface area (Å²) in [6, 6.07) is 10.5. The van der Waals surface area contributed by atoms with E-state index in [0.717, 1.165) is 77.3 Å². The maximum atomic E-state index is 11.2. The van der Waals surface area contributed by atoms with Crippen LogP contribution in [0.25, 0.3) is 0 Å². The first-order valence-corrected chi connectivity index (χ1v) is 10.3. The van der Waals surface area contributed by atoms with Crippen LogP contribution in [0.1, 0.15) is 38.2 Å². The summed E-state index contributed by atoms with van der Waals surface area (Å²) >= 11 is 0. The van der Waals surface area contributed by atoms with Crippen molar-refractivity contribution in [1.82, 2.24) is 15.5 Å². The van der Waals surface area contributed by atoms with Crippen molar-refractivity contribution in [3.05, 3.63) is 35.9 Å². The predicted octanol–water partition coefficient (Wildman–Crippen LogP) is 1.76. The van der Waals surface area contributed by atoms with E-state index in [-0.39, 0.29) is 11.8 Å². The fourth-order valence-corrected chi connectivity index (χ4v) is 3.39. The Bertz CT molecular complexity index is 567. The number of carbonyl (C=O) groups is 1. The molecular weight excluding hydrogens is 338 g/mol. The van der Waals surface area contributed by atoms with Gasteiger partial charge in [-0.2, -0.15) is 0 Å². The minimum absolute atomic E-state index is 0.0792. The molecule has 1 amide bonds. The topological polar surface area (TPSA) is 82.8 Å². The summed E-state index contributed by atoms with van der Waals surface area (Å²) in [6.07, 6.45) is 5.01. The molecule has 0 atom stereocenters. The van der Waals surface area contributed by atoms with Crippen LogP contribution < -0.4 is 16.4 Å². The minimum Gasteiger partial charge on any atom is -0.369 e. The highest BCUT2D eigenvalue weighted by Gasteiger charge is 2.22. The number of rotatable bonds is 10. The van der Waals surface area contributed by atoms with Gasteiger partial charge in [-0.3, -0.25) is 9.79 Å². The average Bonchev–Trinajstić information content (AvgIpc) is 2.69. The summed E-state index contributed by atoms with van der Waals surface area (Å²) in [5.41, 5.74) is 6.72. The van der Waals surface area contributed by atoms with Gasteiger partial charge in [0, 0.05) is 25.6 Å². The van der Waals surface area contributed by atoms with E-state index < -0.39 is 0 Å². The summed E-state index contributed by atoms with van der Waals surface area (Å²) in [5, 5.41) is 6.72. The number of guanidine groups is 1. The van der Waals surface area contributed by atoms with E-state index in [4.69, 9.17) is 5.73 Å². The minimum atomic E-state index is -0.139. The van der Waals surface area contributed by atoms with Gasteiger partial charge in [-0.25, -0.2) is 0 Å². The number of piperidine rings is 1. The van der Waals surface area contributed by atoms with Crippen molar-refractivity contribution in [2.75, 3.05) is 39.3 Å². The van der Waals surface area contributed by atoms with Crippen LogP contribution >= 0.6 is 0 Å². The molecule has 0 bridgehead atoms. The Balaban J connectivity index is 1.59. The molecule has 6 nitrogen and oxygen atoms in total. The maximum Gasteiger partial charge on any atom is 0.220 e. The standard InChI is InChI=1S/C21H35N5O/c1-2-23-21(25-14-10-18-8-4-3-5-9-18)24-13-6-7-15-26-16-11-19(12-17-26)20(22)27/h3-5,8-9,19H,2,6-7,10-17H2,1H3,(H2,22,27)(H2,23,24,25). The number of unbranched alkanes of at least 4 members (excludes halogenated alkanes) is 1. The zero-order valence-electron chi connectivity index (χ0n) is 16.6. The van der Waals surface area contributed by atoms with Crippen LogP contribution in [-0.4, -0.2) is 56.0 Å². The first kappa shape index (κ1) is 21.2. The molecule has 1 aromatic carbocycles. The predicted molar refractivity (Wildman–Crippen MR) is 112 cm³/mol. The zero-order chi connectivity index (χ0) is 19.3. The second-order valence-corrected chi connectivity index (χ2v) is 7.15. The summed E-state index contributed by atoms with van der Waals surface area (Å²) in [6.45, 7) is 7.72. The van der Waals surface area contributed by atoms with Crippen molar-refractivity contribution in [3.63, 3.8) is 0 Å². The third kappa shape index (κ3) is 8.43. The number of nitrogens with zero attached hydrogens (tertiary/aromatic N) is 2. The molecule has 0 saturated carbocycles. The Morgan fingerprint density at radius 1 is 1.19 bits per heavy atom. The third-order valence-electron chi connectivity index (χ3n) is 5.04. The fourth-order valence-electron chi connectivity index (χ4n) is 3.39. The third-order valence-corrected chi connectivity index (χ3v) is 5.04. The zero-order valence-corrected chi connectivity index (χ0v) is 16.6. The molecule has 1 heterocycles. The fraction of sp³-hybridized carbons (Fsp3) is 0.619. The normalized spacial score (nSPS) is 16.3. The largest absolute Gasteiger partial charge is 0.369 e. The molecule has 1 aliphatic heterocycles. The summed E-state index contributed by atoms with van der Waals surface area (Å²) < 4.78 is 0. The number of hydrogen-bond donors (Lipinski definition) is 3. The van der Waals surface area contributed by atoms with E-state index in [1.54, 1.807) is 0 Å². The molecule has 4 N–H and O–H groups in total. The number of amides is 1. The second kappa shape index (κ2) is 12.3. The summed E-state index contributed by atoms with van der Waals surface area (Å²) in [4.78, 5) is 18.3. The van der Waals surface area contributed by atoms with Gasteiger partial charge in [-0.05, 0) is 64.2 Å². The van der Waals surface area contributed by atoms with E-state index in [1.807, 2.05) is 6.07 Å². The van der Waals surface area contributed by atoms with Gasteiger partial charge in [0.05, 0.1) is 0 Å². The number of carbonyl (C=O) groups excluding carboxylic acids is 1. The number of benzene rings is 1. The Kier molecular flexibility index (Phi) is 9.69. The van der Waals surface area contributed by atoms with Crippen LogP contribution in [0.4, 0.5) is 0 Å². The highest BCUT2D eigenvalue weighted by atomic mass is 16.1. The van der Waals surface area contributed by atoms with E-state index in [9.17, 15) is 4.79 Å². The first-order valence-electron chi connectivity index (χ1n) is 10.3. The van der Waals surface area contributed by atoms with E-state index >= 15 is 0 Å². The molecule has 27 heavy (non-hydrogen) atoms. The lowest BCUT2D eigenvalue weighted by Gasteiger charge is -2.30. The van der Waals surface area contributed by atoms with E-state index in [1.165, 1.54) is 5.56 Å². The first-order chi connectivity index (χ1) is 13.2. The highest BCUT2D eigenvalue weighted by Crippen LogP contribution is 2.16. The molecule has 1 aliphatic rings. The van der Waals surface area contributed by atoms with Gasteiger partial charge in [0.15, 0.2) is 5.96 Å². The molecule has 2 rings (SSSR count). The van der Waals surface area contributed by atoms with Crippen LogP contribution in [0.2, 0.25) is 0 Å². The van der Waals surface area contributed by atoms with Gasteiger partial charge in [-0.15, -0.1) is 0 Å². The quantitative estimate of drug-likeness (QED) is 0.332. The maximum absolute atomic E-state index is 11.2. The van der Waals surface area contributed by atoms with Crippen LogP contribution in [0.5, 0.6) is 0 Å². The molecule has 0 unspecified atom stereocenters. The Hall–Kier alpha value is -2.08. The Labute approximate surface area is 163 Å². The molecule has 6 heteroatoms. The highest BCUT2D eigenvalue weighted by molar-refractivity contribution is 5.79. The molecule has 1 saturated heterocycles. The van der Waals surface area contributed by atoms with Crippen molar-refractivity contribution >= 4 is 11.9 Å². The van der Waals surface area contributed by atoms with Gasteiger partial charge < -0.3 is 21.3 Å². The van der Waals surface area contributed by atoms with Crippen LogP contribution in [0.3, 0.4) is 0 Å². The SMILES string of the molecule is CCNC(=NCCCCN1CCC(C(N)=O)CC1)NCCc1ccccc1. The van der Waals surface area contributed by atoms with Crippen molar-refractivity contribution in [1.29, 1.82) is 0 Å². The molecule has 1 aromatic rings. The molecule has 0 aliphatic carbocycles. The molecular formula is C21H35N5O. The molecule has 150 valence electrons. The Morgan fingerprint density at radius 2 is 1.93 bits per heavy atom. The van der Waals surface area contributed by atoms with Crippen LogP contribution in [0.15, 0.2) is 35.3 Å².